The van der Waals surface area contributed by atoms with Gasteiger partial charge in [0.2, 0.25) is 0 Å². The van der Waals surface area contributed by atoms with Gasteiger partial charge >= 0.3 is 0 Å². The number of hydrogen-bond acceptors (Lipinski definition) is 2. The number of anilines is 1. The molecule has 0 atom stereocenters. The summed E-state index contributed by atoms with van der Waals surface area (Å²) in [5, 5.41) is 3.65. The van der Waals surface area contributed by atoms with Gasteiger partial charge in [0.05, 0.1) is 5.02 Å². The molecule has 108 valence electrons. The Kier molecular flexibility index (Phi) is 5.59. The topological polar surface area (TPSA) is 29.1 Å². The van der Waals surface area contributed by atoms with Crippen LogP contribution in [0.5, 0.6) is 0 Å². The highest BCUT2D eigenvalue weighted by Crippen LogP contribution is 2.25. The van der Waals surface area contributed by atoms with Crippen LogP contribution in [-0.4, -0.2) is 5.78 Å². The van der Waals surface area contributed by atoms with Crippen molar-refractivity contribution in [2.45, 2.75) is 13.3 Å². The number of nitrogens with one attached hydrogen (secondary N) is 1. The Labute approximate surface area is 138 Å². The quantitative estimate of drug-likeness (QED) is 0.563. The van der Waals surface area contributed by atoms with Gasteiger partial charge in [0.15, 0.2) is 5.78 Å². The molecule has 0 aromatic heterocycles. The first-order valence-corrected chi connectivity index (χ1v) is 7.78. The minimum Gasteiger partial charge on any atom is -0.362 e. The SMILES string of the molecule is CCc1ccc(C(=O)/C=C\Nc2ccc(Br)c(Cl)c2)cc1. The number of rotatable bonds is 5. The Bertz CT molecular complexity index is 665. The maximum atomic E-state index is 12.0. The Morgan fingerprint density at radius 1 is 1.24 bits per heavy atom. The van der Waals surface area contributed by atoms with Crippen LogP contribution in [0.15, 0.2) is 59.2 Å². The van der Waals surface area contributed by atoms with Crippen molar-refractivity contribution in [3.05, 3.63) is 75.4 Å². The summed E-state index contributed by atoms with van der Waals surface area (Å²) in [6.07, 6.45) is 4.10. The van der Waals surface area contributed by atoms with E-state index in [4.69, 9.17) is 11.6 Å². The van der Waals surface area contributed by atoms with Gasteiger partial charge in [-0.2, -0.15) is 0 Å². The van der Waals surface area contributed by atoms with Gasteiger partial charge in [-0.05, 0) is 46.1 Å². The van der Waals surface area contributed by atoms with Gasteiger partial charge in [-0.1, -0.05) is 42.8 Å². The Hall–Kier alpha value is -1.58. The summed E-state index contributed by atoms with van der Waals surface area (Å²) in [4.78, 5) is 12.0. The summed E-state index contributed by atoms with van der Waals surface area (Å²) >= 11 is 9.33. The second-order valence-corrected chi connectivity index (χ2v) is 5.78. The maximum absolute atomic E-state index is 12.0. The van der Waals surface area contributed by atoms with Gasteiger partial charge in [-0.25, -0.2) is 0 Å². The Morgan fingerprint density at radius 3 is 2.57 bits per heavy atom. The number of allylic oxidation sites excluding steroid dienone is 1. The molecule has 2 aromatic rings. The highest BCUT2D eigenvalue weighted by molar-refractivity contribution is 9.10. The van der Waals surface area contributed by atoms with E-state index < -0.39 is 0 Å². The molecule has 0 fully saturated rings. The minimum absolute atomic E-state index is 0.0339. The van der Waals surface area contributed by atoms with Crippen LogP contribution in [0.1, 0.15) is 22.8 Å². The van der Waals surface area contributed by atoms with Crippen LogP contribution in [0.2, 0.25) is 5.02 Å². The summed E-state index contributed by atoms with van der Waals surface area (Å²) in [6.45, 7) is 2.09. The van der Waals surface area contributed by atoms with Crippen molar-refractivity contribution in [1.29, 1.82) is 0 Å². The normalized spacial score (nSPS) is 10.8. The first kappa shape index (κ1) is 15.8. The lowest BCUT2D eigenvalue weighted by Gasteiger charge is -2.03. The molecule has 0 aliphatic rings. The van der Waals surface area contributed by atoms with E-state index in [2.05, 4.69) is 28.2 Å². The number of carbonyl (C=O) groups excluding carboxylic acids is 1. The average Bonchev–Trinajstić information content (AvgIpc) is 2.51. The van der Waals surface area contributed by atoms with E-state index in [1.165, 1.54) is 11.6 Å². The molecular weight excluding hydrogens is 350 g/mol. The predicted octanol–water partition coefficient (Wildman–Crippen LogP) is 5.47. The lowest BCUT2D eigenvalue weighted by Crippen LogP contribution is -1.96. The lowest BCUT2D eigenvalue weighted by molar-refractivity contribution is 0.104. The van der Waals surface area contributed by atoms with Crippen molar-refractivity contribution in [3.63, 3.8) is 0 Å². The fraction of sp³-hybridized carbons (Fsp3) is 0.118. The molecule has 1 N–H and O–H groups in total. The van der Waals surface area contributed by atoms with Crippen LogP contribution in [0.25, 0.3) is 0 Å². The fourth-order valence-electron chi connectivity index (χ4n) is 1.80. The van der Waals surface area contributed by atoms with Gasteiger partial charge in [-0.15, -0.1) is 0 Å². The molecule has 0 aliphatic carbocycles. The first-order chi connectivity index (χ1) is 10.1. The summed E-state index contributed by atoms with van der Waals surface area (Å²) in [5.41, 5.74) is 2.73. The Balaban J connectivity index is 1.99. The summed E-state index contributed by atoms with van der Waals surface area (Å²) in [6, 6.07) is 13.2. The van der Waals surface area contributed by atoms with Gasteiger partial charge < -0.3 is 5.32 Å². The molecule has 0 radical (unpaired) electrons. The molecule has 2 rings (SSSR count). The van der Waals surface area contributed by atoms with Gasteiger partial charge in [-0.3, -0.25) is 4.79 Å². The van der Waals surface area contributed by atoms with Crippen LogP contribution in [0.3, 0.4) is 0 Å². The van der Waals surface area contributed by atoms with Crippen LogP contribution in [0, 0.1) is 0 Å². The number of hydrogen-bond donors (Lipinski definition) is 1. The van der Waals surface area contributed by atoms with Crippen LogP contribution >= 0.6 is 27.5 Å². The van der Waals surface area contributed by atoms with E-state index in [0.29, 0.717) is 10.6 Å². The van der Waals surface area contributed by atoms with E-state index in [0.717, 1.165) is 16.6 Å². The predicted molar refractivity (Wildman–Crippen MR) is 92.1 cm³/mol. The number of halogens is 2. The second-order valence-electron chi connectivity index (χ2n) is 4.52. The highest BCUT2D eigenvalue weighted by Gasteiger charge is 2.01. The summed E-state index contributed by atoms with van der Waals surface area (Å²) in [5.74, 6) is -0.0339. The van der Waals surface area contributed by atoms with Crippen molar-refractivity contribution >= 4 is 39.0 Å². The van der Waals surface area contributed by atoms with Crippen molar-refractivity contribution < 1.29 is 4.79 Å². The summed E-state index contributed by atoms with van der Waals surface area (Å²) < 4.78 is 0.839. The van der Waals surface area contributed by atoms with Crippen LogP contribution < -0.4 is 5.32 Å². The van der Waals surface area contributed by atoms with Crippen molar-refractivity contribution in [3.8, 4) is 0 Å². The lowest BCUT2D eigenvalue weighted by atomic mass is 10.1. The minimum atomic E-state index is -0.0339. The molecule has 0 spiro atoms. The monoisotopic (exact) mass is 363 g/mol. The van der Waals surface area contributed by atoms with Gasteiger partial charge in [0.25, 0.3) is 0 Å². The van der Waals surface area contributed by atoms with Gasteiger partial charge in [0, 0.05) is 28.0 Å². The first-order valence-electron chi connectivity index (χ1n) is 6.61. The molecule has 0 heterocycles. The van der Waals surface area contributed by atoms with Gasteiger partial charge in [0.1, 0.15) is 0 Å². The molecule has 2 nitrogen and oxygen atoms in total. The van der Waals surface area contributed by atoms with Crippen LogP contribution in [-0.2, 0) is 6.42 Å². The third-order valence-corrected chi connectivity index (χ3v) is 4.28. The van der Waals surface area contributed by atoms with E-state index in [-0.39, 0.29) is 5.78 Å². The molecule has 4 heteroatoms. The molecule has 0 unspecified atom stereocenters. The molecule has 0 aliphatic heterocycles. The standard InChI is InChI=1S/C17H15BrClNO/c1-2-12-3-5-13(6-4-12)17(21)9-10-20-14-7-8-15(18)16(19)11-14/h3-11,20H,2H2,1H3/b10-9-. The second kappa shape index (κ2) is 7.43. The largest absolute Gasteiger partial charge is 0.362 e. The molecule has 0 amide bonds. The highest BCUT2D eigenvalue weighted by atomic mass is 79.9. The zero-order chi connectivity index (χ0) is 15.2. The molecule has 0 saturated heterocycles. The third kappa shape index (κ3) is 4.45. The van der Waals surface area contributed by atoms with E-state index in [1.54, 1.807) is 12.3 Å². The van der Waals surface area contributed by atoms with Crippen molar-refractivity contribution in [2.75, 3.05) is 5.32 Å². The summed E-state index contributed by atoms with van der Waals surface area (Å²) in [7, 11) is 0. The number of carbonyl (C=O) groups is 1. The van der Waals surface area contributed by atoms with E-state index >= 15 is 0 Å². The fourth-order valence-corrected chi connectivity index (χ4v) is 2.23. The number of ketones is 1. The third-order valence-electron chi connectivity index (χ3n) is 3.05. The van der Waals surface area contributed by atoms with Crippen molar-refractivity contribution in [2.24, 2.45) is 0 Å². The average molecular weight is 365 g/mol. The molecule has 2 aromatic carbocycles. The molecule has 0 bridgehead atoms. The smallest absolute Gasteiger partial charge is 0.187 e. The van der Waals surface area contributed by atoms with Crippen LogP contribution in [0.4, 0.5) is 5.69 Å². The van der Waals surface area contributed by atoms with Crippen molar-refractivity contribution in [1.82, 2.24) is 0 Å². The molecule has 21 heavy (non-hydrogen) atoms. The van der Waals surface area contributed by atoms with E-state index in [1.807, 2.05) is 36.4 Å². The van der Waals surface area contributed by atoms with E-state index in [9.17, 15) is 4.79 Å². The Morgan fingerprint density at radius 2 is 1.95 bits per heavy atom. The zero-order valence-electron chi connectivity index (χ0n) is 11.6. The maximum Gasteiger partial charge on any atom is 0.187 e. The number of benzene rings is 2. The zero-order valence-corrected chi connectivity index (χ0v) is 13.9. The molecule has 0 saturated carbocycles. The number of aryl methyl sites for hydroxylation is 1. The molecular formula is C17H15BrClNO.